The van der Waals surface area contributed by atoms with Gasteiger partial charge in [0.15, 0.2) is 5.96 Å². The minimum Gasteiger partial charge on any atom is -0.497 e. The Morgan fingerprint density at radius 2 is 1.89 bits per heavy atom. The monoisotopic (exact) mass is 376 g/mol. The van der Waals surface area contributed by atoms with Gasteiger partial charge in [-0.15, -0.1) is 0 Å². The maximum absolute atomic E-state index is 5.40. The van der Waals surface area contributed by atoms with Crippen molar-refractivity contribution in [2.75, 3.05) is 59.6 Å². The molecule has 1 aliphatic heterocycles. The van der Waals surface area contributed by atoms with Crippen molar-refractivity contribution in [3.8, 4) is 5.75 Å². The van der Waals surface area contributed by atoms with E-state index in [1.54, 1.807) is 7.11 Å². The Balaban J connectivity index is 1.83. The van der Waals surface area contributed by atoms with Crippen molar-refractivity contribution >= 4 is 5.96 Å². The van der Waals surface area contributed by atoms with Gasteiger partial charge in [0.1, 0.15) is 5.75 Å². The first-order valence-corrected chi connectivity index (χ1v) is 10.0. The molecule has 1 aliphatic rings. The SMILES string of the molecule is CCNC(=NCC(C)(C)c1ccc(OC)cc1)NCCCN1CCOCC1. The molecule has 0 spiro atoms. The van der Waals surface area contributed by atoms with E-state index in [9.17, 15) is 0 Å². The number of methoxy groups -OCH3 is 1. The number of hydrogen-bond donors (Lipinski definition) is 2. The van der Waals surface area contributed by atoms with Crippen LogP contribution in [0.25, 0.3) is 0 Å². The van der Waals surface area contributed by atoms with E-state index < -0.39 is 0 Å². The highest BCUT2D eigenvalue weighted by Crippen LogP contribution is 2.25. The van der Waals surface area contributed by atoms with E-state index in [4.69, 9.17) is 14.5 Å². The van der Waals surface area contributed by atoms with Gasteiger partial charge in [0, 0.05) is 31.6 Å². The summed E-state index contributed by atoms with van der Waals surface area (Å²) in [6, 6.07) is 8.26. The first-order valence-electron chi connectivity index (χ1n) is 10.0. The molecule has 1 aromatic rings. The predicted octanol–water partition coefficient (Wildman–Crippen LogP) is 2.25. The van der Waals surface area contributed by atoms with Gasteiger partial charge >= 0.3 is 0 Å². The van der Waals surface area contributed by atoms with Crippen LogP contribution in [0.4, 0.5) is 0 Å². The van der Waals surface area contributed by atoms with Crippen LogP contribution in [-0.2, 0) is 10.2 Å². The van der Waals surface area contributed by atoms with Gasteiger partial charge in [-0.1, -0.05) is 26.0 Å². The van der Waals surface area contributed by atoms with Crippen LogP contribution in [0.3, 0.4) is 0 Å². The number of morpholine rings is 1. The Kier molecular flexibility index (Phi) is 8.88. The van der Waals surface area contributed by atoms with Crippen molar-refractivity contribution in [1.82, 2.24) is 15.5 Å². The summed E-state index contributed by atoms with van der Waals surface area (Å²) < 4.78 is 10.6. The smallest absolute Gasteiger partial charge is 0.191 e. The summed E-state index contributed by atoms with van der Waals surface area (Å²) in [6.45, 7) is 14.0. The lowest BCUT2D eigenvalue weighted by atomic mass is 9.85. The second kappa shape index (κ2) is 11.1. The molecule has 27 heavy (non-hydrogen) atoms. The first-order chi connectivity index (χ1) is 13.0. The second-order valence-corrected chi connectivity index (χ2v) is 7.54. The summed E-state index contributed by atoms with van der Waals surface area (Å²) in [5.74, 6) is 1.77. The minimum absolute atomic E-state index is 0.0393. The van der Waals surface area contributed by atoms with E-state index in [0.29, 0.717) is 0 Å². The van der Waals surface area contributed by atoms with E-state index in [0.717, 1.165) is 70.6 Å². The highest BCUT2D eigenvalue weighted by atomic mass is 16.5. The molecule has 2 N–H and O–H groups in total. The molecule has 152 valence electrons. The van der Waals surface area contributed by atoms with Crippen molar-refractivity contribution in [3.63, 3.8) is 0 Å². The summed E-state index contributed by atoms with van der Waals surface area (Å²) >= 11 is 0. The quantitative estimate of drug-likeness (QED) is 0.393. The van der Waals surface area contributed by atoms with Gasteiger partial charge in [0.05, 0.1) is 26.9 Å². The fraction of sp³-hybridized carbons (Fsp3) is 0.667. The number of aliphatic imine (C=N–C) groups is 1. The van der Waals surface area contributed by atoms with Crippen molar-refractivity contribution < 1.29 is 9.47 Å². The lowest BCUT2D eigenvalue weighted by Gasteiger charge is -2.26. The van der Waals surface area contributed by atoms with E-state index in [1.165, 1.54) is 5.56 Å². The number of rotatable bonds is 9. The van der Waals surface area contributed by atoms with Gasteiger partial charge in [0.25, 0.3) is 0 Å². The molecule has 0 atom stereocenters. The summed E-state index contributed by atoms with van der Waals surface area (Å²) in [5, 5.41) is 6.81. The Labute approximate surface area is 164 Å². The lowest BCUT2D eigenvalue weighted by molar-refractivity contribution is 0.0376. The average Bonchev–Trinajstić information content (AvgIpc) is 2.70. The molecular weight excluding hydrogens is 340 g/mol. The number of ether oxygens (including phenoxy) is 2. The highest BCUT2D eigenvalue weighted by molar-refractivity contribution is 5.79. The van der Waals surface area contributed by atoms with Crippen molar-refractivity contribution in [2.24, 2.45) is 4.99 Å². The second-order valence-electron chi connectivity index (χ2n) is 7.54. The molecule has 1 aromatic carbocycles. The van der Waals surface area contributed by atoms with Crippen molar-refractivity contribution in [2.45, 2.75) is 32.6 Å². The molecule has 0 unspecified atom stereocenters. The standard InChI is InChI=1S/C21H36N4O2/c1-5-22-20(23-11-6-12-25-13-15-27-16-14-25)24-17-21(2,3)18-7-9-19(26-4)10-8-18/h7-10H,5-6,11-17H2,1-4H3,(H2,22,23,24). The number of benzene rings is 1. The number of hydrogen-bond acceptors (Lipinski definition) is 4. The summed E-state index contributed by atoms with van der Waals surface area (Å²) in [4.78, 5) is 7.28. The maximum Gasteiger partial charge on any atom is 0.191 e. The molecule has 0 bridgehead atoms. The highest BCUT2D eigenvalue weighted by Gasteiger charge is 2.20. The third-order valence-electron chi connectivity index (χ3n) is 4.90. The molecule has 1 fully saturated rings. The maximum atomic E-state index is 5.40. The molecule has 2 rings (SSSR count). The number of guanidine groups is 1. The first kappa shape index (κ1) is 21.5. The fourth-order valence-corrected chi connectivity index (χ4v) is 3.09. The van der Waals surface area contributed by atoms with Crippen molar-refractivity contribution in [3.05, 3.63) is 29.8 Å². The normalized spacial score (nSPS) is 16.2. The summed E-state index contributed by atoms with van der Waals surface area (Å²) in [7, 11) is 1.69. The van der Waals surface area contributed by atoms with E-state index in [-0.39, 0.29) is 5.41 Å². The summed E-state index contributed by atoms with van der Waals surface area (Å²) in [5.41, 5.74) is 1.22. The molecule has 0 radical (unpaired) electrons. The topological polar surface area (TPSA) is 58.1 Å². The van der Waals surface area contributed by atoms with Crippen LogP contribution in [0.15, 0.2) is 29.3 Å². The van der Waals surface area contributed by atoms with Gasteiger partial charge in [-0.2, -0.15) is 0 Å². The fourth-order valence-electron chi connectivity index (χ4n) is 3.09. The largest absolute Gasteiger partial charge is 0.497 e. The van der Waals surface area contributed by atoms with Crippen LogP contribution in [0.1, 0.15) is 32.8 Å². The van der Waals surface area contributed by atoms with Gasteiger partial charge in [-0.25, -0.2) is 0 Å². The Morgan fingerprint density at radius 1 is 1.19 bits per heavy atom. The third-order valence-corrected chi connectivity index (χ3v) is 4.90. The lowest BCUT2D eigenvalue weighted by Crippen LogP contribution is -2.41. The molecule has 6 heteroatoms. The Morgan fingerprint density at radius 3 is 2.52 bits per heavy atom. The van der Waals surface area contributed by atoms with Crippen LogP contribution in [0, 0.1) is 0 Å². The van der Waals surface area contributed by atoms with Crippen LogP contribution in [0.2, 0.25) is 0 Å². The molecule has 6 nitrogen and oxygen atoms in total. The van der Waals surface area contributed by atoms with Crippen LogP contribution >= 0.6 is 0 Å². The van der Waals surface area contributed by atoms with E-state index in [1.807, 2.05) is 12.1 Å². The van der Waals surface area contributed by atoms with Crippen molar-refractivity contribution in [1.29, 1.82) is 0 Å². The zero-order valence-corrected chi connectivity index (χ0v) is 17.4. The van der Waals surface area contributed by atoms with Gasteiger partial charge in [0.2, 0.25) is 0 Å². The molecule has 0 aliphatic carbocycles. The molecule has 0 aromatic heterocycles. The van der Waals surface area contributed by atoms with E-state index >= 15 is 0 Å². The Bertz CT molecular complexity index is 566. The molecule has 1 saturated heterocycles. The number of nitrogens with one attached hydrogen (secondary N) is 2. The van der Waals surface area contributed by atoms with Crippen LogP contribution < -0.4 is 15.4 Å². The zero-order chi connectivity index (χ0) is 19.5. The number of nitrogens with zero attached hydrogens (tertiary/aromatic N) is 2. The molecule has 0 amide bonds. The molecular formula is C21H36N4O2. The Hall–Kier alpha value is -1.79. The van der Waals surface area contributed by atoms with Crippen LogP contribution in [-0.4, -0.2) is 70.5 Å². The molecule has 0 saturated carbocycles. The predicted molar refractivity (Wildman–Crippen MR) is 112 cm³/mol. The van der Waals surface area contributed by atoms with Gasteiger partial charge in [-0.05, 0) is 37.6 Å². The molecule has 1 heterocycles. The zero-order valence-electron chi connectivity index (χ0n) is 17.4. The third kappa shape index (κ3) is 7.39. The van der Waals surface area contributed by atoms with Crippen LogP contribution in [0.5, 0.6) is 5.75 Å². The minimum atomic E-state index is -0.0393. The average molecular weight is 377 g/mol. The van der Waals surface area contributed by atoms with E-state index in [2.05, 4.69) is 48.4 Å². The van der Waals surface area contributed by atoms with Gasteiger partial charge in [-0.3, -0.25) is 9.89 Å². The van der Waals surface area contributed by atoms with Gasteiger partial charge < -0.3 is 20.1 Å². The summed E-state index contributed by atoms with van der Waals surface area (Å²) in [6.07, 6.45) is 1.10.